The number of rotatable bonds is 2. The van der Waals surface area contributed by atoms with Gasteiger partial charge in [0.15, 0.2) is 0 Å². The van der Waals surface area contributed by atoms with E-state index in [9.17, 15) is 0 Å². The van der Waals surface area contributed by atoms with Crippen molar-refractivity contribution in [2.75, 3.05) is 31.2 Å². The van der Waals surface area contributed by atoms with E-state index in [1.807, 2.05) is 12.1 Å². The van der Waals surface area contributed by atoms with Gasteiger partial charge in [0.2, 0.25) is 0 Å². The SMILES string of the molecule is NC(=S)c1cc(Br)ccc1N1CCCOCC1. The van der Waals surface area contributed by atoms with Crippen LogP contribution in [0.5, 0.6) is 0 Å². The van der Waals surface area contributed by atoms with Crippen LogP contribution in [0.4, 0.5) is 5.69 Å². The van der Waals surface area contributed by atoms with Gasteiger partial charge in [-0.2, -0.15) is 0 Å². The first-order chi connectivity index (χ1) is 8.18. The van der Waals surface area contributed by atoms with Crippen molar-refractivity contribution in [2.45, 2.75) is 6.42 Å². The van der Waals surface area contributed by atoms with Crippen molar-refractivity contribution in [2.24, 2.45) is 5.73 Å². The number of hydrogen-bond acceptors (Lipinski definition) is 3. The highest BCUT2D eigenvalue weighted by atomic mass is 79.9. The molecule has 0 aliphatic carbocycles. The molecule has 17 heavy (non-hydrogen) atoms. The maximum Gasteiger partial charge on any atom is 0.106 e. The van der Waals surface area contributed by atoms with E-state index >= 15 is 0 Å². The highest BCUT2D eigenvalue weighted by Gasteiger charge is 2.15. The van der Waals surface area contributed by atoms with Crippen LogP contribution in [0.15, 0.2) is 22.7 Å². The van der Waals surface area contributed by atoms with Crippen molar-refractivity contribution < 1.29 is 4.74 Å². The van der Waals surface area contributed by atoms with Gasteiger partial charge in [0.1, 0.15) is 4.99 Å². The van der Waals surface area contributed by atoms with Crippen LogP contribution in [0, 0.1) is 0 Å². The number of anilines is 1. The summed E-state index contributed by atoms with van der Waals surface area (Å²) < 4.78 is 6.45. The van der Waals surface area contributed by atoms with Gasteiger partial charge < -0.3 is 15.4 Å². The normalized spacial score (nSPS) is 16.6. The van der Waals surface area contributed by atoms with Gasteiger partial charge in [-0.05, 0) is 24.6 Å². The Morgan fingerprint density at radius 1 is 1.35 bits per heavy atom. The second kappa shape index (κ2) is 5.80. The molecule has 2 rings (SSSR count). The van der Waals surface area contributed by atoms with Crippen LogP contribution >= 0.6 is 28.1 Å². The quantitative estimate of drug-likeness (QED) is 0.850. The molecule has 1 aliphatic heterocycles. The van der Waals surface area contributed by atoms with Crippen molar-refractivity contribution in [1.29, 1.82) is 0 Å². The van der Waals surface area contributed by atoms with Crippen LogP contribution < -0.4 is 10.6 Å². The summed E-state index contributed by atoms with van der Waals surface area (Å²) in [4.78, 5) is 2.72. The molecule has 1 aliphatic rings. The number of nitrogens with two attached hydrogens (primary N) is 1. The molecule has 0 unspecified atom stereocenters. The molecule has 0 spiro atoms. The van der Waals surface area contributed by atoms with Gasteiger partial charge in [0.05, 0.1) is 6.61 Å². The topological polar surface area (TPSA) is 38.5 Å². The van der Waals surface area contributed by atoms with Gasteiger partial charge in [0.25, 0.3) is 0 Å². The monoisotopic (exact) mass is 314 g/mol. The Bertz CT molecular complexity index is 417. The number of nitrogens with zero attached hydrogens (tertiary/aromatic N) is 1. The predicted molar refractivity (Wildman–Crippen MR) is 77.7 cm³/mol. The van der Waals surface area contributed by atoms with Crippen LogP contribution in [0.25, 0.3) is 0 Å². The minimum atomic E-state index is 0.437. The van der Waals surface area contributed by atoms with E-state index in [0.717, 1.165) is 48.4 Å². The molecule has 0 saturated carbocycles. The Morgan fingerprint density at radius 3 is 2.94 bits per heavy atom. The summed E-state index contributed by atoms with van der Waals surface area (Å²) in [5.41, 5.74) is 7.81. The Labute approximate surface area is 115 Å². The predicted octanol–water partition coefficient (Wildman–Crippen LogP) is 2.31. The lowest BCUT2D eigenvalue weighted by molar-refractivity contribution is 0.152. The number of hydrogen-bond donors (Lipinski definition) is 1. The first kappa shape index (κ1) is 12.8. The van der Waals surface area contributed by atoms with Gasteiger partial charge in [-0.1, -0.05) is 28.1 Å². The first-order valence-electron chi connectivity index (χ1n) is 5.60. The Kier molecular flexibility index (Phi) is 4.36. The molecule has 1 aromatic carbocycles. The number of thiocarbonyl (C=S) groups is 1. The average Bonchev–Trinajstić information content (AvgIpc) is 2.57. The fraction of sp³-hybridized carbons (Fsp3) is 0.417. The van der Waals surface area contributed by atoms with Crippen LogP contribution in [-0.4, -0.2) is 31.3 Å². The summed E-state index contributed by atoms with van der Waals surface area (Å²) in [5.74, 6) is 0. The van der Waals surface area contributed by atoms with E-state index in [-0.39, 0.29) is 0 Å². The Hall–Kier alpha value is -0.650. The molecule has 1 saturated heterocycles. The molecule has 3 nitrogen and oxygen atoms in total. The van der Waals surface area contributed by atoms with Crippen molar-refractivity contribution >= 4 is 38.8 Å². The van der Waals surface area contributed by atoms with Crippen molar-refractivity contribution in [3.8, 4) is 0 Å². The van der Waals surface area contributed by atoms with Crippen LogP contribution in [0.3, 0.4) is 0 Å². The first-order valence-corrected chi connectivity index (χ1v) is 6.80. The van der Waals surface area contributed by atoms with E-state index in [1.165, 1.54) is 0 Å². The summed E-state index contributed by atoms with van der Waals surface area (Å²) in [7, 11) is 0. The van der Waals surface area contributed by atoms with Gasteiger partial charge in [-0.25, -0.2) is 0 Å². The van der Waals surface area contributed by atoms with Crippen LogP contribution in [-0.2, 0) is 4.74 Å². The van der Waals surface area contributed by atoms with Crippen molar-refractivity contribution in [3.05, 3.63) is 28.2 Å². The Balaban J connectivity index is 2.32. The number of halogens is 1. The molecule has 1 fully saturated rings. The molecular formula is C12H15BrN2OS. The highest BCUT2D eigenvalue weighted by Crippen LogP contribution is 2.25. The molecule has 0 atom stereocenters. The summed E-state index contributed by atoms with van der Waals surface area (Å²) >= 11 is 8.56. The molecule has 2 N–H and O–H groups in total. The summed E-state index contributed by atoms with van der Waals surface area (Å²) in [6.45, 7) is 3.46. The van der Waals surface area contributed by atoms with Gasteiger partial charge in [-0.3, -0.25) is 0 Å². The lowest BCUT2D eigenvalue weighted by Crippen LogP contribution is -2.28. The smallest absolute Gasteiger partial charge is 0.106 e. The van der Waals surface area contributed by atoms with E-state index < -0.39 is 0 Å². The number of ether oxygens (including phenoxy) is 1. The standard InChI is InChI=1S/C12H15BrN2OS/c13-9-2-3-11(10(8-9)12(14)17)15-4-1-6-16-7-5-15/h2-3,8H,1,4-7H2,(H2,14,17). The molecule has 1 aromatic rings. The molecule has 1 heterocycles. The van der Waals surface area contributed by atoms with Crippen molar-refractivity contribution in [3.63, 3.8) is 0 Å². The van der Waals surface area contributed by atoms with Gasteiger partial charge >= 0.3 is 0 Å². The minimum Gasteiger partial charge on any atom is -0.389 e. The van der Waals surface area contributed by atoms with E-state index in [0.29, 0.717) is 4.99 Å². The van der Waals surface area contributed by atoms with E-state index in [4.69, 9.17) is 22.7 Å². The molecule has 0 amide bonds. The zero-order valence-electron chi connectivity index (χ0n) is 9.49. The fourth-order valence-corrected chi connectivity index (χ4v) is 2.49. The largest absolute Gasteiger partial charge is 0.389 e. The third-order valence-electron chi connectivity index (χ3n) is 2.79. The second-order valence-electron chi connectivity index (χ2n) is 3.98. The average molecular weight is 315 g/mol. The molecule has 5 heteroatoms. The highest BCUT2D eigenvalue weighted by molar-refractivity contribution is 9.10. The fourth-order valence-electron chi connectivity index (χ4n) is 1.97. The zero-order valence-corrected chi connectivity index (χ0v) is 11.9. The van der Waals surface area contributed by atoms with Crippen LogP contribution in [0.2, 0.25) is 0 Å². The lowest BCUT2D eigenvalue weighted by atomic mass is 10.1. The van der Waals surface area contributed by atoms with E-state index in [1.54, 1.807) is 0 Å². The number of benzene rings is 1. The third kappa shape index (κ3) is 3.18. The molecule has 92 valence electrons. The zero-order chi connectivity index (χ0) is 12.3. The maximum absolute atomic E-state index is 5.78. The minimum absolute atomic E-state index is 0.437. The summed E-state index contributed by atoms with van der Waals surface area (Å²) in [6, 6.07) is 6.05. The van der Waals surface area contributed by atoms with Crippen molar-refractivity contribution in [1.82, 2.24) is 0 Å². The van der Waals surface area contributed by atoms with E-state index in [2.05, 4.69) is 26.9 Å². The molecule has 0 bridgehead atoms. The van der Waals surface area contributed by atoms with Crippen LogP contribution in [0.1, 0.15) is 12.0 Å². The maximum atomic E-state index is 5.78. The lowest BCUT2D eigenvalue weighted by Gasteiger charge is -2.24. The summed E-state index contributed by atoms with van der Waals surface area (Å²) in [6.07, 6.45) is 1.03. The molecule has 0 aromatic heterocycles. The van der Waals surface area contributed by atoms with Gasteiger partial charge in [-0.15, -0.1) is 0 Å². The second-order valence-corrected chi connectivity index (χ2v) is 5.33. The Morgan fingerprint density at radius 2 is 2.18 bits per heavy atom. The molecule has 0 radical (unpaired) electrons. The summed E-state index contributed by atoms with van der Waals surface area (Å²) in [5, 5.41) is 0. The van der Waals surface area contributed by atoms with Gasteiger partial charge in [0, 0.05) is 35.4 Å². The third-order valence-corrected chi connectivity index (χ3v) is 3.50. The molecular weight excluding hydrogens is 300 g/mol.